The molecule has 0 radical (unpaired) electrons. The van der Waals surface area contributed by atoms with Crippen LogP contribution in [0.25, 0.3) is 0 Å². The second-order valence-corrected chi connectivity index (χ2v) is 7.23. The topological polar surface area (TPSA) is 29.1 Å². The molecule has 2 unspecified atom stereocenters. The van der Waals surface area contributed by atoms with Crippen molar-refractivity contribution in [3.8, 4) is 0 Å². The minimum absolute atomic E-state index is 0.104. The van der Waals surface area contributed by atoms with Gasteiger partial charge in [-0.1, -0.05) is 55.5 Å². The van der Waals surface area contributed by atoms with E-state index in [2.05, 4.69) is 60.8 Å². The molecule has 1 N–H and O–H groups in total. The Morgan fingerprint density at radius 1 is 1.09 bits per heavy atom. The van der Waals surface area contributed by atoms with Gasteiger partial charge < -0.3 is 5.32 Å². The zero-order valence-electron chi connectivity index (χ0n) is 13.6. The van der Waals surface area contributed by atoms with Crippen molar-refractivity contribution in [3.05, 3.63) is 70.8 Å². The minimum Gasteiger partial charge on any atom is -0.352 e. The standard InChI is InChI=1S/C21H23NO/c1-21-12-11-20(23)22-19(21)10-8-17-14-16(7-9-18(17)21)13-15-5-3-2-4-6-15/h2-7,9,14,19H,8,10-13H2,1H3,(H,22,23). The number of hydrogen-bond donors (Lipinski definition) is 1. The quantitative estimate of drug-likeness (QED) is 0.899. The van der Waals surface area contributed by atoms with Crippen molar-refractivity contribution in [1.29, 1.82) is 0 Å². The van der Waals surface area contributed by atoms with Crippen LogP contribution < -0.4 is 5.32 Å². The van der Waals surface area contributed by atoms with E-state index in [0.29, 0.717) is 12.5 Å². The Morgan fingerprint density at radius 3 is 2.74 bits per heavy atom. The lowest BCUT2D eigenvalue weighted by Crippen LogP contribution is -2.55. The van der Waals surface area contributed by atoms with Gasteiger partial charge in [-0.2, -0.15) is 0 Å². The maximum atomic E-state index is 11.7. The van der Waals surface area contributed by atoms with Crippen LogP contribution in [-0.2, 0) is 23.1 Å². The van der Waals surface area contributed by atoms with Gasteiger partial charge in [0.1, 0.15) is 0 Å². The highest BCUT2D eigenvalue weighted by molar-refractivity contribution is 5.78. The normalized spacial score (nSPS) is 26.1. The van der Waals surface area contributed by atoms with E-state index in [1.165, 1.54) is 22.3 Å². The molecule has 2 atom stereocenters. The second kappa shape index (κ2) is 5.52. The van der Waals surface area contributed by atoms with Gasteiger partial charge in [0.05, 0.1) is 0 Å². The monoisotopic (exact) mass is 305 g/mol. The summed E-state index contributed by atoms with van der Waals surface area (Å²) in [5, 5.41) is 3.22. The van der Waals surface area contributed by atoms with Gasteiger partial charge in [-0.25, -0.2) is 0 Å². The SMILES string of the molecule is CC12CCC(=O)NC1CCc1cc(Cc3ccccc3)ccc12. The lowest BCUT2D eigenvalue weighted by atomic mass is 9.64. The van der Waals surface area contributed by atoms with Crippen LogP contribution in [0.4, 0.5) is 0 Å². The lowest BCUT2D eigenvalue weighted by Gasteiger charge is -2.46. The molecule has 2 aromatic carbocycles. The van der Waals surface area contributed by atoms with Gasteiger partial charge in [0, 0.05) is 17.9 Å². The van der Waals surface area contributed by atoms with Crippen LogP contribution in [0.3, 0.4) is 0 Å². The molecule has 1 saturated heterocycles. The van der Waals surface area contributed by atoms with Crippen LogP contribution >= 0.6 is 0 Å². The number of aryl methyl sites for hydroxylation is 1. The van der Waals surface area contributed by atoms with Gasteiger partial charge in [-0.15, -0.1) is 0 Å². The highest BCUT2D eigenvalue weighted by Gasteiger charge is 2.43. The van der Waals surface area contributed by atoms with Crippen LogP contribution in [-0.4, -0.2) is 11.9 Å². The number of nitrogens with one attached hydrogen (secondary N) is 1. The molecule has 1 aliphatic carbocycles. The maximum Gasteiger partial charge on any atom is 0.220 e. The Hall–Kier alpha value is -2.09. The lowest BCUT2D eigenvalue weighted by molar-refractivity contribution is -0.125. The molecule has 0 spiro atoms. The summed E-state index contributed by atoms with van der Waals surface area (Å²) in [6, 6.07) is 17.9. The van der Waals surface area contributed by atoms with E-state index in [-0.39, 0.29) is 11.3 Å². The fraction of sp³-hybridized carbons (Fsp3) is 0.381. The van der Waals surface area contributed by atoms with Crippen LogP contribution in [0.1, 0.15) is 48.4 Å². The Labute approximate surface area is 137 Å². The van der Waals surface area contributed by atoms with Crippen molar-refractivity contribution in [1.82, 2.24) is 5.32 Å². The predicted octanol–water partition coefficient (Wildman–Crippen LogP) is 3.76. The van der Waals surface area contributed by atoms with E-state index < -0.39 is 0 Å². The molecule has 2 nitrogen and oxygen atoms in total. The second-order valence-electron chi connectivity index (χ2n) is 7.23. The number of hydrogen-bond acceptors (Lipinski definition) is 1. The van der Waals surface area contributed by atoms with Crippen LogP contribution in [0.15, 0.2) is 48.5 Å². The Bertz CT molecular complexity index is 737. The van der Waals surface area contributed by atoms with Crippen molar-refractivity contribution in [2.24, 2.45) is 0 Å². The number of fused-ring (bicyclic) bond motifs is 3. The van der Waals surface area contributed by atoms with Crippen molar-refractivity contribution in [3.63, 3.8) is 0 Å². The van der Waals surface area contributed by atoms with E-state index in [0.717, 1.165) is 25.7 Å². The molecule has 118 valence electrons. The number of benzene rings is 2. The van der Waals surface area contributed by atoms with Gasteiger partial charge in [0.2, 0.25) is 5.91 Å². The Morgan fingerprint density at radius 2 is 1.91 bits per heavy atom. The summed E-state index contributed by atoms with van der Waals surface area (Å²) >= 11 is 0. The van der Waals surface area contributed by atoms with Crippen LogP contribution in [0.5, 0.6) is 0 Å². The van der Waals surface area contributed by atoms with Gasteiger partial charge in [0.15, 0.2) is 0 Å². The van der Waals surface area contributed by atoms with Crippen LogP contribution in [0, 0.1) is 0 Å². The first-order chi connectivity index (χ1) is 11.1. The summed E-state index contributed by atoms with van der Waals surface area (Å²) in [5.74, 6) is 0.219. The van der Waals surface area contributed by atoms with Crippen molar-refractivity contribution in [2.75, 3.05) is 0 Å². The molecule has 1 fully saturated rings. The zero-order chi connectivity index (χ0) is 15.9. The molecule has 2 aromatic rings. The highest BCUT2D eigenvalue weighted by atomic mass is 16.1. The number of rotatable bonds is 2. The fourth-order valence-electron chi connectivity index (χ4n) is 4.34. The molecule has 1 amide bonds. The molecule has 23 heavy (non-hydrogen) atoms. The average molecular weight is 305 g/mol. The highest BCUT2D eigenvalue weighted by Crippen LogP contribution is 2.43. The Kier molecular flexibility index (Phi) is 3.48. The summed E-state index contributed by atoms with van der Waals surface area (Å²) in [5.41, 5.74) is 5.78. The molecular formula is C21H23NO. The first-order valence-electron chi connectivity index (χ1n) is 8.61. The van der Waals surface area contributed by atoms with Gasteiger partial charge in [0.25, 0.3) is 0 Å². The van der Waals surface area contributed by atoms with E-state index >= 15 is 0 Å². The molecule has 1 heterocycles. The molecule has 1 aliphatic heterocycles. The summed E-state index contributed by atoms with van der Waals surface area (Å²) in [6.07, 6.45) is 4.74. The molecule has 0 aromatic heterocycles. The van der Waals surface area contributed by atoms with Crippen molar-refractivity contribution >= 4 is 5.91 Å². The zero-order valence-corrected chi connectivity index (χ0v) is 13.6. The molecule has 0 saturated carbocycles. The number of carbonyl (C=O) groups excluding carboxylic acids is 1. The van der Waals surface area contributed by atoms with E-state index in [9.17, 15) is 4.79 Å². The van der Waals surface area contributed by atoms with Gasteiger partial charge in [-0.05, 0) is 47.9 Å². The van der Waals surface area contributed by atoms with E-state index in [4.69, 9.17) is 0 Å². The van der Waals surface area contributed by atoms with Crippen molar-refractivity contribution < 1.29 is 4.79 Å². The third-order valence-corrected chi connectivity index (χ3v) is 5.71. The third kappa shape index (κ3) is 2.56. The fourth-order valence-corrected chi connectivity index (χ4v) is 4.34. The van der Waals surface area contributed by atoms with Crippen LogP contribution in [0.2, 0.25) is 0 Å². The summed E-state index contributed by atoms with van der Waals surface area (Å²) in [7, 11) is 0. The minimum atomic E-state index is 0.104. The van der Waals surface area contributed by atoms with E-state index in [1.807, 2.05) is 0 Å². The Balaban J connectivity index is 1.64. The largest absolute Gasteiger partial charge is 0.352 e. The van der Waals surface area contributed by atoms with Crippen molar-refractivity contribution in [2.45, 2.75) is 50.5 Å². The summed E-state index contributed by atoms with van der Waals surface area (Å²) < 4.78 is 0. The number of piperidine rings is 1. The summed E-state index contributed by atoms with van der Waals surface area (Å²) in [6.45, 7) is 2.33. The van der Waals surface area contributed by atoms with Gasteiger partial charge >= 0.3 is 0 Å². The maximum absolute atomic E-state index is 11.7. The first kappa shape index (κ1) is 14.5. The first-order valence-corrected chi connectivity index (χ1v) is 8.61. The smallest absolute Gasteiger partial charge is 0.220 e. The number of carbonyl (C=O) groups is 1. The van der Waals surface area contributed by atoms with E-state index in [1.54, 1.807) is 0 Å². The molecule has 2 heteroatoms. The van der Waals surface area contributed by atoms with Gasteiger partial charge in [-0.3, -0.25) is 4.79 Å². The average Bonchev–Trinajstić information content (AvgIpc) is 2.56. The molecule has 2 aliphatic rings. The molecule has 0 bridgehead atoms. The number of amides is 1. The third-order valence-electron chi connectivity index (χ3n) is 5.71. The predicted molar refractivity (Wildman–Crippen MR) is 92.5 cm³/mol. The molecule has 4 rings (SSSR count). The summed E-state index contributed by atoms with van der Waals surface area (Å²) in [4.78, 5) is 11.7. The molecular weight excluding hydrogens is 282 g/mol.